The van der Waals surface area contributed by atoms with Crippen LogP contribution in [0.2, 0.25) is 0 Å². The van der Waals surface area contributed by atoms with Crippen LogP contribution in [0.4, 0.5) is 0 Å². The second-order valence-electron chi connectivity index (χ2n) is 6.41. The predicted octanol–water partition coefficient (Wildman–Crippen LogP) is 3.66. The number of ether oxygens (including phenoxy) is 1. The van der Waals surface area contributed by atoms with Crippen molar-refractivity contribution in [3.05, 3.63) is 59.4 Å². The molecule has 26 heavy (non-hydrogen) atoms. The zero-order valence-electron chi connectivity index (χ0n) is 15.4. The van der Waals surface area contributed by atoms with Gasteiger partial charge in [-0.25, -0.2) is 0 Å². The van der Waals surface area contributed by atoms with Crippen LogP contribution in [0, 0.1) is 12.8 Å². The quantitative estimate of drug-likeness (QED) is 0.372. The minimum Gasteiger partial charge on any atom is -0.493 e. The maximum absolute atomic E-state index is 5.96. The second kappa shape index (κ2) is 10.4. The van der Waals surface area contributed by atoms with E-state index in [2.05, 4.69) is 26.7 Å². The average Bonchev–Trinajstić information content (AvgIpc) is 3.45. The topological polar surface area (TPSA) is 58.5 Å². The lowest BCUT2D eigenvalue weighted by Gasteiger charge is -2.14. The van der Waals surface area contributed by atoms with E-state index in [0.29, 0.717) is 13.1 Å². The van der Waals surface area contributed by atoms with E-state index in [1.807, 2.05) is 43.3 Å². The van der Waals surface area contributed by atoms with Gasteiger partial charge in [-0.1, -0.05) is 24.3 Å². The third-order valence-corrected chi connectivity index (χ3v) is 4.20. The van der Waals surface area contributed by atoms with Crippen molar-refractivity contribution in [2.75, 3.05) is 13.7 Å². The van der Waals surface area contributed by atoms with Gasteiger partial charge in [-0.2, -0.15) is 0 Å². The molecule has 1 aromatic carbocycles. The largest absolute Gasteiger partial charge is 0.493 e. The third kappa shape index (κ3) is 6.48. The molecule has 0 radical (unpaired) electrons. The van der Waals surface area contributed by atoms with Gasteiger partial charge in [-0.3, -0.25) is 9.98 Å². The Labute approximate surface area is 172 Å². The van der Waals surface area contributed by atoms with Crippen LogP contribution in [-0.2, 0) is 13.1 Å². The van der Waals surface area contributed by atoms with Crippen LogP contribution < -0.4 is 15.4 Å². The number of nitrogens with zero attached hydrogens (tertiary/aromatic N) is 2. The van der Waals surface area contributed by atoms with Gasteiger partial charge in [0.25, 0.3) is 0 Å². The van der Waals surface area contributed by atoms with Gasteiger partial charge >= 0.3 is 0 Å². The van der Waals surface area contributed by atoms with Gasteiger partial charge in [0.15, 0.2) is 5.96 Å². The van der Waals surface area contributed by atoms with Gasteiger partial charge in [0.2, 0.25) is 0 Å². The molecule has 1 saturated carbocycles. The lowest BCUT2D eigenvalue weighted by molar-refractivity contribution is 0.296. The second-order valence-corrected chi connectivity index (χ2v) is 6.41. The first-order valence-electron chi connectivity index (χ1n) is 8.82. The number of para-hydroxylation sites is 1. The molecule has 1 aromatic heterocycles. The van der Waals surface area contributed by atoms with E-state index in [0.717, 1.165) is 41.2 Å². The van der Waals surface area contributed by atoms with Crippen molar-refractivity contribution in [1.29, 1.82) is 0 Å². The Morgan fingerprint density at radius 2 is 1.88 bits per heavy atom. The number of hydrogen-bond donors (Lipinski definition) is 2. The molecule has 0 spiro atoms. The molecular weight excluding hydrogens is 439 g/mol. The van der Waals surface area contributed by atoms with Crippen LogP contribution in [0.3, 0.4) is 0 Å². The number of hydrogen-bond acceptors (Lipinski definition) is 3. The highest BCUT2D eigenvalue weighted by Gasteiger charge is 2.22. The van der Waals surface area contributed by atoms with Crippen molar-refractivity contribution in [2.45, 2.75) is 32.9 Å². The van der Waals surface area contributed by atoms with Gasteiger partial charge in [0.05, 0.1) is 18.8 Å². The summed E-state index contributed by atoms with van der Waals surface area (Å²) in [5, 5.41) is 6.64. The zero-order chi connectivity index (χ0) is 17.5. The molecule has 0 atom stereocenters. The normalized spacial score (nSPS) is 13.7. The zero-order valence-corrected chi connectivity index (χ0v) is 17.7. The molecule has 0 unspecified atom stereocenters. The van der Waals surface area contributed by atoms with E-state index >= 15 is 0 Å². The van der Waals surface area contributed by atoms with Gasteiger partial charge in [0, 0.05) is 24.8 Å². The Bertz CT molecular complexity index is 731. The first-order valence-corrected chi connectivity index (χ1v) is 8.82. The number of aryl methyl sites for hydroxylation is 1. The summed E-state index contributed by atoms with van der Waals surface area (Å²) in [6.45, 7) is 4.13. The standard InChI is InChI=1S/C20H26N4O.HI/c1-15-6-5-8-18(24-15)13-23-20(21-2)22-12-17-7-3-4-9-19(17)25-14-16-10-11-16;/h3-9,16H,10-14H2,1-2H3,(H2,21,22,23);1H. The summed E-state index contributed by atoms with van der Waals surface area (Å²) < 4.78 is 5.96. The Kier molecular flexibility index (Phi) is 8.15. The van der Waals surface area contributed by atoms with E-state index in [1.54, 1.807) is 7.05 Å². The molecule has 0 aliphatic heterocycles. The molecule has 2 aromatic rings. The van der Waals surface area contributed by atoms with Crippen molar-refractivity contribution in [1.82, 2.24) is 15.6 Å². The minimum absolute atomic E-state index is 0. The molecule has 5 nitrogen and oxygen atoms in total. The average molecular weight is 466 g/mol. The first-order chi connectivity index (χ1) is 12.2. The first kappa shape index (κ1) is 20.5. The van der Waals surface area contributed by atoms with Crippen LogP contribution in [-0.4, -0.2) is 24.6 Å². The maximum atomic E-state index is 5.96. The van der Waals surface area contributed by atoms with E-state index < -0.39 is 0 Å². The SMILES string of the molecule is CN=C(NCc1cccc(C)n1)NCc1ccccc1OCC1CC1.I. The monoisotopic (exact) mass is 466 g/mol. The van der Waals surface area contributed by atoms with E-state index in [9.17, 15) is 0 Å². The number of rotatable bonds is 7. The number of aromatic nitrogens is 1. The highest BCUT2D eigenvalue weighted by atomic mass is 127. The van der Waals surface area contributed by atoms with Gasteiger partial charge < -0.3 is 15.4 Å². The van der Waals surface area contributed by atoms with Crippen molar-refractivity contribution in [3.8, 4) is 5.75 Å². The molecule has 0 bridgehead atoms. The van der Waals surface area contributed by atoms with E-state index in [-0.39, 0.29) is 24.0 Å². The number of pyridine rings is 1. The summed E-state index contributed by atoms with van der Waals surface area (Å²) in [5.41, 5.74) is 3.15. The third-order valence-electron chi connectivity index (χ3n) is 4.20. The fourth-order valence-corrected chi connectivity index (χ4v) is 2.55. The Morgan fingerprint density at radius 1 is 1.12 bits per heavy atom. The molecule has 6 heteroatoms. The van der Waals surface area contributed by atoms with Gasteiger partial charge in [-0.15, -0.1) is 24.0 Å². The minimum atomic E-state index is 0. The molecule has 1 heterocycles. The van der Waals surface area contributed by atoms with Crippen molar-refractivity contribution >= 4 is 29.9 Å². The smallest absolute Gasteiger partial charge is 0.191 e. The summed E-state index contributed by atoms with van der Waals surface area (Å²) in [5.74, 6) is 2.45. The number of guanidine groups is 1. The fraction of sp³-hybridized carbons (Fsp3) is 0.400. The molecule has 140 valence electrons. The molecule has 1 aliphatic carbocycles. The highest BCUT2D eigenvalue weighted by Crippen LogP contribution is 2.30. The molecule has 0 amide bonds. The van der Waals surface area contributed by atoms with Crippen molar-refractivity contribution in [3.63, 3.8) is 0 Å². The Balaban J connectivity index is 0.00000243. The highest BCUT2D eigenvalue weighted by molar-refractivity contribution is 14.0. The number of aliphatic imine (C=N–C) groups is 1. The summed E-state index contributed by atoms with van der Waals surface area (Å²) in [7, 11) is 1.77. The lowest BCUT2D eigenvalue weighted by Crippen LogP contribution is -2.36. The lowest BCUT2D eigenvalue weighted by atomic mass is 10.2. The Morgan fingerprint density at radius 3 is 2.62 bits per heavy atom. The van der Waals surface area contributed by atoms with E-state index in [1.165, 1.54) is 12.8 Å². The number of halogens is 1. The van der Waals surface area contributed by atoms with Crippen LogP contribution in [0.25, 0.3) is 0 Å². The van der Waals surface area contributed by atoms with Gasteiger partial charge in [-0.05, 0) is 43.9 Å². The van der Waals surface area contributed by atoms with E-state index in [4.69, 9.17) is 4.74 Å². The van der Waals surface area contributed by atoms with Crippen LogP contribution in [0.5, 0.6) is 5.75 Å². The summed E-state index contributed by atoms with van der Waals surface area (Å²) >= 11 is 0. The van der Waals surface area contributed by atoms with Crippen LogP contribution in [0.1, 0.15) is 29.8 Å². The molecule has 0 saturated heterocycles. The fourth-order valence-electron chi connectivity index (χ4n) is 2.55. The summed E-state index contributed by atoms with van der Waals surface area (Å²) in [6.07, 6.45) is 2.59. The summed E-state index contributed by atoms with van der Waals surface area (Å²) in [4.78, 5) is 8.77. The molecule has 1 fully saturated rings. The van der Waals surface area contributed by atoms with Crippen molar-refractivity contribution in [2.24, 2.45) is 10.9 Å². The van der Waals surface area contributed by atoms with Crippen molar-refractivity contribution < 1.29 is 4.74 Å². The molecule has 2 N–H and O–H groups in total. The van der Waals surface area contributed by atoms with Crippen LogP contribution in [0.15, 0.2) is 47.5 Å². The molecular formula is C20H27IN4O. The molecule has 3 rings (SSSR count). The van der Waals surface area contributed by atoms with Gasteiger partial charge in [0.1, 0.15) is 5.75 Å². The maximum Gasteiger partial charge on any atom is 0.191 e. The summed E-state index contributed by atoms with van der Waals surface area (Å²) in [6, 6.07) is 14.2. The van der Waals surface area contributed by atoms with Crippen LogP contribution >= 0.6 is 24.0 Å². The number of nitrogens with one attached hydrogen (secondary N) is 2. The molecule has 1 aliphatic rings. The number of benzene rings is 1. The Hall–Kier alpha value is -1.83. The predicted molar refractivity (Wildman–Crippen MR) is 116 cm³/mol.